The SMILES string of the molecule is Cc1ccc(Cc2nsc(N3CCN(S(=O)(=O)c4cccc(C(F)(F)F)c4)C(C)C3)c2C)cc1. The fraction of sp³-hybridized carbons (Fsp3) is 0.375. The second kappa shape index (κ2) is 9.31. The second-order valence-electron chi connectivity index (χ2n) is 8.66. The molecule has 1 unspecified atom stereocenters. The number of piperazine rings is 1. The molecule has 10 heteroatoms. The fourth-order valence-corrected chi connectivity index (χ4v) is 6.76. The molecule has 1 aromatic heterocycles. The van der Waals surface area contributed by atoms with Crippen molar-refractivity contribution in [3.05, 3.63) is 76.5 Å². The summed E-state index contributed by atoms with van der Waals surface area (Å²) in [4.78, 5) is 1.78. The lowest BCUT2D eigenvalue weighted by Crippen LogP contribution is -2.54. The van der Waals surface area contributed by atoms with Crippen molar-refractivity contribution in [3.8, 4) is 0 Å². The number of anilines is 1. The van der Waals surface area contributed by atoms with Gasteiger partial charge in [0.15, 0.2) is 0 Å². The molecule has 3 aromatic rings. The van der Waals surface area contributed by atoms with Gasteiger partial charge >= 0.3 is 6.18 Å². The molecule has 0 spiro atoms. The first-order valence-electron chi connectivity index (χ1n) is 10.9. The second-order valence-corrected chi connectivity index (χ2v) is 11.3. The van der Waals surface area contributed by atoms with Crippen molar-refractivity contribution in [1.82, 2.24) is 8.68 Å². The van der Waals surface area contributed by atoms with Gasteiger partial charge in [-0.2, -0.15) is 21.9 Å². The van der Waals surface area contributed by atoms with Crippen LogP contribution in [0.25, 0.3) is 0 Å². The minimum Gasteiger partial charge on any atom is -0.359 e. The number of hydrogen-bond donors (Lipinski definition) is 0. The zero-order valence-electron chi connectivity index (χ0n) is 19.1. The van der Waals surface area contributed by atoms with E-state index in [1.165, 1.54) is 33.0 Å². The van der Waals surface area contributed by atoms with Crippen molar-refractivity contribution < 1.29 is 21.6 Å². The third-order valence-corrected chi connectivity index (χ3v) is 9.17. The van der Waals surface area contributed by atoms with E-state index in [0.29, 0.717) is 19.2 Å². The highest BCUT2D eigenvalue weighted by molar-refractivity contribution is 7.89. The number of halogens is 3. The molecule has 0 aliphatic carbocycles. The van der Waals surface area contributed by atoms with E-state index in [4.69, 9.17) is 0 Å². The normalized spacial score (nSPS) is 17.8. The number of rotatable bonds is 5. The number of benzene rings is 2. The van der Waals surface area contributed by atoms with E-state index >= 15 is 0 Å². The van der Waals surface area contributed by atoms with Gasteiger partial charge in [-0.15, -0.1) is 0 Å². The highest BCUT2D eigenvalue weighted by Crippen LogP contribution is 2.34. The van der Waals surface area contributed by atoms with Crippen molar-refractivity contribution >= 4 is 26.6 Å². The molecule has 2 heterocycles. The standard InChI is InChI=1S/C24H26F3N3O2S2/c1-16-7-9-19(10-8-16)13-22-18(3)23(33-28-22)29-11-12-30(17(2)15-29)34(31,32)21-6-4-5-20(14-21)24(25,26)27/h4-10,14,17H,11-13,15H2,1-3H3. The Morgan fingerprint density at radius 1 is 1.09 bits per heavy atom. The maximum atomic E-state index is 13.1. The zero-order chi connectivity index (χ0) is 24.7. The number of aryl methyl sites for hydroxylation is 1. The summed E-state index contributed by atoms with van der Waals surface area (Å²) in [5.41, 5.74) is 3.48. The Bertz CT molecular complexity index is 1270. The van der Waals surface area contributed by atoms with Crippen LogP contribution in [0.5, 0.6) is 0 Å². The summed E-state index contributed by atoms with van der Waals surface area (Å²) in [5, 5.41) is 1.00. The summed E-state index contributed by atoms with van der Waals surface area (Å²) >= 11 is 1.40. The minimum atomic E-state index is -4.60. The van der Waals surface area contributed by atoms with Gasteiger partial charge in [-0.1, -0.05) is 35.9 Å². The predicted octanol–water partition coefficient (Wildman–Crippen LogP) is 5.27. The van der Waals surface area contributed by atoms with Gasteiger partial charge < -0.3 is 4.90 Å². The van der Waals surface area contributed by atoms with Crippen LogP contribution in [0.15, 0.2) is 53.4 Å². The molecule has 1 saturated heterocycles. The molecule has 2 aromatic carbocycles. The van der Waals surface area contributed by atoms with Gasteiger partial charge in [-0.05, 0) is 56.1 Å². The maximum Gasteiger partial charge on any atom is 0.416 e. The highest BCUT2D eigenvalue weighted by atomic mass is 32.2. The van der Waals surface area contributed by atoms with Crippen LogP contribution >= 0.6 is 11.5 Å². The number of hydrogen-bond acceptors (Lipinski definition) is 5. The number of nitrogens with zero attached hydrogens (tertiary/aromatic N) is 3. The average Bonchev–Trinajstić information content (AvgIpc) is 3.14. The van der Waals surface area contributed by atoms with Gasteiger partial charge in [0, 0.05) is 37.7 Å². The molecule has 182 valence electrons. The number of aromatic nitrogens is 1. The van der Waals surface area contributed by atoms with E-state index in [1.54, 1.807) is 6.92 Å². The van der Waals surface area contributed by atoms with Crippen molar-refractivity contribution in [2.24, 2.45) is 0 Å². The summed E-state index contributed by atoms with van der Waals surface area (Å²) in [6, 6.07) is 11.9. The summed E-state index contributed by atoms with van der Waals surface area (Å²) in [6.07, 6.45) is -3.88. The molecular weight excluding hydrogens is 483 g/mol. The first-order chi connectivity index (χ1) is 16.0. The van der Waals surface area contributed by atoms with Crippen LogP contribution < -0.4 is 4.90 Å². The Morgan fingerprint density at radius 3 is 2.44 bits per heavy atom. The largest absolute Gasteiger partial charge is 0.416 e. The van der Waals surface area contributed by atoms with Crippen LogP contribution in [0.1, 0.15) is 34.9 Å². The van der Waals surface area contributed by atoms with Gasteiger partial charge in [-0.25, -0.2) is 8.42 Å². The highest BCUT2D eigenvalue weighted by Gasteiger charge is 2.37. The van der Waals surface area contributed by atoms with Crippen LogP contribution in [0.2, 0.25) is 0 Å². The lowest BCUT2D eigenvalue weighted by molar-refractivity contribution is -0.137. The molecule has 0 bridgehead atoms. The fourth-order valence-electron chi connectivity index (χ4n) is 4.17. The maximum absolute atomic E-state index is 13.1. The Hall–Kier alpha value is -2.43. The molecule has 5 nitrogen and oxygen atoms in total. The Kier molecular flexibility index (Phi) is 6.76. The lowest BCUT2D eigenvalue weighted by Gasteiger charge is -2.39. The third kappa shape index (κ3) is 4.99. The van der Waals surface area contributed by atoms with E-state index < -0.39 is 27.8 Å². The van der Waals surface area contributed by atoms with Crippen molar-refractivity contribution in [3.63, 3.8) is 0 Å². The van der Waals surface area contributed by atoms with Crippen molar-refractivity contribution in [2.75, 3.05) is 24.5 Å². The first-order valence-corrected chi connectivity index (χ1v) is 13.1. The lowest BCUT2D eigenvalue weighted by atomic mass is 10.1. The predicted molar refractivity (Wildman–Crippen MR) is 128 cm³/mol. The van der Waals surface area contributed by atoms with Crippen LogP contribution in [-0.2, 0) is 22.6 Å². The van der Waals surface area contributed by atoms with Gasteiger partial charge in [0.05, 0.1) is 16.2 Å². The molecule has 34 heavy (non-hydrogen) atoms. The van der Waals surface area contributed by atoms with Gasteiger partial charge in [-0.3, -0.25) is 0 Å². The van der Waals surface area contributed by atoms with Crippen LogP contribution in [0.4, 0.5) is 18.2 Å². The molecular formula is C24H26F3N3O2S2. The van der Waals surface area contributed by atoms with E-state index in [-0.39, 0.29) is 11.4 Å². The Balaban J connectivity index is 1.50. The van der Waals surface area contributed by atoms with Crippen molar-refractivity contribution in [2.45, 2.75) is 44.3 Å². The molecule has 1 aliphatic rings. The summed E-state index contributed by atoms with van der Waals surface area (Å²) in [5.74, 6) is 0. The molecule has 1 fully saturated rings. The molecule has 0 radical (unpaired) electrons. The number of sulfonamides is 1. The summed E-state index contributed by atoms with van der Waals surface area (Å²) in [7, 11) is -4.05. The molecule has 1 aliphatic heterocycles. The van der Waals surface area contributed by atoms with Crippen LogP contribution in [0, 0.1) is 13.8 Å². The zero-order valence-corrected chi connectivity index (χ0v) is 20.8. The van der Waals surface area contributed by atoms with E-state index in [9.17, 15) is 21.6 Å². The molecule has 0 amide bonds. The quantitative estimate of drug-likeness (QED) is 0.470. The monoisotopic (exact) mass is 509 g/mol. The summed E-state index contributed by atoms with van der Waals surface area (Å²) < 4.78 is 71.5. The minimum absolute atomic E-state index is 0.185. The molecule has 4 rings (SSSR count). The van der Waals surface area contributed by atoms with Crippen molar-refractivity contribution in [1.29, 1.82) is 0 Å². The van der Waals surface area contributed by atoms with Gasteiger partial charge in [0.25, 0.3) is 0 Å². The molecule has 0 N–H and O–H groups in total. The summed E-state index contributed by atoms with van der Waals surface area (Å²) in [6.45, 7) is 6.91. The van der Waals surface area contributed by atoms with E-state index in [1.807, 2.05) is 13.8 Å². The van der Waals surface area contributed by atoms with Crippen LogP contribution in [-0.4, -0.2) is 42.8 Å². The Labute approximate surface area is 202 Å². The third-order valence-electron chi connectivity index (χ3n) is 6.11. The molecule has 0 saturated carbocycles. The van der Waals surface area contributed by atoms with E-state index in [2.05, 4.69) is 33.5 Å². The van der Waals surface area contributed by atoms with Crippen LogP contribution in [0.3, 0.4) is 0 Å². The average molecular weight is 510 g/mol. The van der Waals surface area contributed by atoms with Gasteiger partial charge in [0.2, 0.25) is 10.0 Å². The van der Waals surface area contributed by atoms with Gasteiger partial charge in [0.1, 0.15) is 5.00 Å². The van der Waals surface area contributed by atoms with E-state index in [0.717, 1.165) is 34.8 Å². The Morgan fingerprint density at radius 2 is 1.79 bits per heavy atom. The topological polar surface area (TPSA) is 53.5 Å². The smallest absolute Gasteiger partial charge is 0.359 e. The molecule has 1 atom stereocenters. The number of alkyl halides is 3. The first kappa shape index (κ1) is 24.7.